The van der Waals surface area contributed by atoms with Gasteiger partial charge in [0.15, 0.2) is 0 Å². The minimum Gasteiger partial charge on any atom is -0.508 e. The number of benzene rings is 1. The molecule has 9 heteroatoms. The summed E-state index contributed by atoms with van der Waals surface area (Å²) >= 11 is 0. The van der Waals surface area contributed by atoms with Crippen LogP contribution in [0.2, 0.25) is 0 Å². The van der Waals surface area contributed by atoms with Crippen LogP contribution in [0.25, 0.3) is 0 Å². The second-order valence-electron chi connectivity index (χ2n) is 13.5. The molecule has 1 aliphatic carbocycles. The first-order valence-corrected chi connectivity index (χ1v) is 15.3. The zero-order valence-corrected chi connectivity index (χ0v) is 27.0. The number of aliphatic hydroxyl groups is 1. The molecule has 1 fully saturated rings. The van der Waals surface area contributed by atoms with Gasteiger partial charge in [0.25, 0.3) is 0 Å². The molecule has 2 N–H and O–H groups in total. The Hall–Kier alpha value is -3.72. The Morgan fingerprint density at radius 3 is 2.49 bits per heavy atom. The number of amides is 1. The van der Waals surface area contributed by atoms with E-state index in [0.29, 0.717) is 43.0 Å². The molecule has 1 aliphatic heterocycles. The molecule has 232 valence electrons. The average molecular weight is 589 g/mol. The van der Waals surface area contributed by atoms with E-state index in [-0.39, 0.29) is 23.5 Å². The highest BCUT2D eigenvalue weighted by Crippen LogP contribution is 2.26. The summed E-state index contributed by atoms with van der Waals surface area (Å²) in [7, 11) is 0. The van der Waals surface area contributed by atoms with Crippen LogP contribution in [0.4, 0.5) is 5.95 Å². The molecule has 43 heavy (non-hydrogen) atoms. The molecule has 0 spiro atoms. The molecular formula is C34H48N6O3. The fourth-order valence-corrected chi connectivity index (χ4v) is 6.13. The maximum Gasteiger partial charge on any atom is 0.326 e. The molecular weight excluding hydrogens is 540 g/mol. The van der Waals surface area contributed by atoms with Gasteiger partial charge in [-0.05, 0) is 102 Å². The van der Waals surface area contributed by atoms with Gasteiger partial charge in [-0.2, -0.15) is 9.97 Å². The zero-order valence-electron chi connectivity index (χ0n) is 27.0. The smallest absolute Gasteiger partial charge is 0.326 e. The summed E-state index contributed by atoms with van der Waals surface area (Å²) in [6.07, 6.45) is 9.55. The van der Waals surface area contributed by atoms with Gasteiger partial charge in [-0.1, -0.05) is 37.6 Å². The molecule has 4 rings (SSSR count). The van der Waals surface area contributed by atoms with Gasteiger partial charge >= 0.3 is 6.01 Å². The fraction of sp³-hybridized carbons (Fsp3) is 0.529. The summed E-state index contributed by atoms with van der Waals surface area (Å²) in [5.41, 5.74) is 2.86. The third-order valence-corrected chi connectivity index (χ3v) is 7.94. The van der Waals surface area contributed by atoms with Gasteiger partial charge in [-0.3, -0.25) is 10.1 Å². The van der Waals surface area contributed by atoms with Crippen molar-refractivity contribution in [2.24, 2.45) is 5.92 Å². The number of nitrogens with zero attached hydrogens (tertiary/aromatic N) is 5. The van der Waals surface area contributed by atoms with Gasteiger partial charge in [0.2, 0.25) is 11.9 Å². The number of piperazine rings is 1. The minimum absolute atomic E-state index is 0.101. The maximum atomic E-state index is 13.2. The molecule has 0 saturated carbocycles. The number of hydrogen-bond acceptors (Lipinski definition) is 8. The van der Waals surface area contributed by atoms with E-state index in [1.807, 2.05) is 55.2 Å². The molecule has 1 aromatic heterocycles. The number of carbonyl (C=O) groups is 1. The number of rotatable bonds is 11. The van der Waals surface area contributed by atoms with Gasteiger partial charge in [-0.15, -0.1) is 0 Å². The Bertz CT molecular complexity index is 1380. The Morgan fingerprint density at radius 1 is 1.12 bits per heavy atom. The number of allylic oxidation sites excluding steroid dienone is 5. The second-order valence-corrected chi connectivity index (χ2v) is 13.5. The summed E-state index contributed by atoms with van der Waals surface area (Å²) < 4.78 is 6.06. The number of aliphatic hydroxyl groups excluding tert-OH is 1. The van der Waals surface area contributed by atoms with E-state index >= 15 is 0 Å². The highest BCUT2D eigenvalue weighted by atomic mass is 16.5. The van der Waals surface area contributed by atoms with Crippen molar-refractivity contribution in [1.82, 2.24) is 25.2 Å². The molecule has 1 amide bonds. The molecule has 0 bridgehead atoms. The van der Waals surface area contributed by atoms with E-state index in [4.69, 9.17) is 9.72 Å². The lowest BCUT2D eigenvalue weighted by molar-refractivity contribution is -0.143. The van der Waals surface area contributed by atoms with Crippen LogP contribution in [0, 0.1) is 5.92 Å². The first-order valence-electron chi connectivity index (χ1n) is 15.3. The van der Waals surface area contributed by atoms with Gasteiger partial charge < -0.3 is 19.6 Å². The predicted molar refractivity (Wildman–Crippen MR) is 171 cm³/mol. The van der Waals surface area contributed by atoms with Crippen molar-refractivity contribution in [2.75, 3.05) is 24.5 Å². The average Bonchev–Trinajstić information content (AvgIpc) is 2.92. The summed E-state index contributed by atoms with van der Waals surface area (Å²) in [6.45, 7) is 18.7. The molecule has 1 unspecified atom stereocenters. The Labute approximate surface area is 256 Å². The minimum atomic E-state index is -0.621. The van der Waals surface area contributed by atoms with Crippen molar-refractivity contribution in [3.63, 3.8) is 0 Å². The van der Waals surface area contributed by atoms with E-state index in [0.717, 1.165) is 19.3 Å². The van der Waals surface area contributed by atoms with Crippen LogP contribution in [0.5, 0.6) is 11.8 Å². The molecule has 0 radical (unpaired) electrons. The van der Waals surface area contributed by atoms with E-state index in [9.17, 15) is 9.90 Å². The van der Waals surface area contributed by atoms with E-state index in [2.05, 4.69) is 61.7 Å². The molecule has 9 nitrogen and oxygen atoms in total. The lowest BCUT2D eigenvalue weighted by Gasteiger charge is -2.47. The van der Waals surface area contributed by atoms with Crippen LogP contribution in [-0.2, 0) is 11.2 Å². The predicted octanol–water partition coefficient (Wildman–Crippen LogP) is 6.15. The Kier molecular flexibility index (Phi) is 9.95. The third kappa shape index (κ3) is 8.66. The first kappa shape index (κ1) is 32.2. The van der Waals surface area contributed by atoms with E-state index < -0.39 is 5.54 Å². The summed E-state index contributed by atoms with van der Waals surface area (Å²) in [5.74, 6) is 2.10. The van der Waals surface area contributed by atoms with Crippen molar-refractivity contribution in [3.05, 3.63) is 71.3 Å². The number of carbonyl (C=O) groups excluding carboxylic acids is 1. The highest BCUT2D eigenvalue weighted by Gasteiger charge is 2.43. The lowest BCUT2D eigenvalue weighted by Crippen LogP contribution is -2.70. The van der Waals surface area contributed by atoms with Crippen LogP contribution >= 0.6 is 0 Å². The SMILES string of the molecule is CC(Cc1ccc(Oc2ncnc(N(CCN3CC(C)(C)NC(C)(C)C3=O)C(C)CC(C)C)n2)cc1)=C1C=CC(O)=CC1. The molecule has 1 atom stereocenters. The van der Waals surface area contributed by atoms with Gasteiger partial charge in [0.05, 0.1) is 5.54 Å². The van der Waals surface area contributed by atoms with Crippen molar-refractivity contribution in [2.45, 2.75) is 91.8 Å². The summed E-state index contributed by atoms with van der Waals surface area (Å²) in [5, 5.41) is 13.1. The van der Waals surface area contributed by atoms with Crippen molar-refractivity contribution in [3.8, 4) is 11.8 Å². The highest BCUT2D eigenvalue weighted by molar-refractivity contribution is 5.86. The standard InChI is InChI=1S/C34H48N6O3/c1-23(2)19-25(4)40(18-17-39-21-33(5,6)38-34(7,8)30(39)42)31-35-22-36-32(37-31)43-29-15-9-26(10-16-29)20-24(3)27-11-13-28(41)14-12-27/h9-11,13-16,22-23,25,38,41H,12,17-21H2,1-8H3. The zero-order chi connectivity index (χ0) is 31.4. The van der Waals surface area contributed by atoms with Gasteiger partial charge in [0, 0.05) is 31.2 Å². The van der Waals surface area contributed by atoms with Crippen LogP contribution in [0.3, 0.4) is 0 Å². The summed E-state index contributed by atoms with van der Waals surface area (Å²) in [4.78, 5) is 30.9. The van der Waals surface area contributed by atoms with Crippen molar-refractivity contribution >= 4 is 11.9 Å². The topological polar surface area (TPSA) is 104 Å². The van der Waals surface area contributed by atoms with Crippen molar-refractivity contribution < 1.29 is 14.6 Å². The molecule has 2 aliphatic rings. The van der Waals surface area contributed by atoms with E-state index in [1.54, 1.807) is 6.08 Å². The fourth-order valence-electron chi connectivity index (χ4n) is 6.13. The Balaban J connectivity index is 1.46. The van der Waals surface area contributed by atoms with Crippen LogP contribution in [0.15, 0.2) is 65.7 Å². The Morgan fingerprint density at radius 2 is 1.84 bits per heavy atom. The maximum absolute atomic E-state index is 13.2. The largest absolute Gasteiger partial charge is 0.508 e. The van der Waals surface area contributed by atoms with Crippen LogP contribution in [0.1, 0.15) is 73.8 Å². The first-order chi connectivity index (χ1) is 20.2. The lowest BCUT2D eigenvalue weighted by atomic mass is 9.90. The number of nitrogens with one attached hydrogen (secondary N) is 1. The van der Waals surface area contributed by atoms with Crippen LogP contribution in [-0.4, -0.2) is 67.6 Å². The molecule has 1 saturated heterocycles. The molecule has 2 heterocycles. The summed E-state index contributed by atoms with van der Waals surface area (Å²) in [6, 6.07) is 8.34. The van der Waals surface area contributed by atoms with Gasteiger partial charge in [-0.25, -0.2) is 4.98 Å². The third-order valence-electron chi connectivity index (χ3n) is 7.94. The van der Waals surface area contributed by atoms with Crippen molar-refractivity contribution in [1.29, 1.82) is 0 Å². The van der Waals surface area contributed by atoms with Crippen LogP contribution < -0.4 is 15.0 Å². The number of aromatic nitrogens is 3. The second kappa shape index (κ2) is 13.3. The molecule has 2 aromatic rings. The molecule has 1 aromatic carbocycles. The number of anilines is 1. The van der Waals surface area contributed by atoms with Gasteiger partial charge in [0.1, 0.15) is 17.8 Å². The van der Waals surface area contributed by atoms with E-state index in [1.165, 1.54) is 23.0 Å². The number of ether oxygens (including phenoxy) is 1. The number of hydrogen-bond donors (Lipinski definition) is 2. The normalized spacial score (nSPS) is 19.7. The monoisotopic (exact) mass is 588 g/mol. The quantitative estimate of drug-likeness (QED) is 0.322.